The first kappa shape index (κ1) is 16.2. The topological polar surface area (TPSA) is 65.5 Å². The van der Waals surface area contributed by atoms with Crippen molar-refractivity contribution < 1.29 is 8.42 Å². The highest BCUT2D eigenvalue weighted by Crippen LogP contribution is 2.25. The molecule has 118 valence electrons. The highest BCUT2D eigenvalue weighted by molar-refractivity contribution is 7.89. The lowest BCUT2D eigenvalue weighted by Crippen LogP contribution is -2.47. The molecule has 2 heterocycles. The first-order chi connectivity index (χ1) is 9.96. The van der Waals surface area contributed by atoms with E-state index < -0.39 is 10.0 Å². The van der Waals surface area contributed by atoms with E-state index in [1.54, 1.807) is 16.4 Å². The molecule has 1 unspecified atom stereocenters. The van der Waals surface area contributed by atoms with E-state index in [0.717, 1.165) is 12.8 Å². The molecule has 0 radical (unpaired) electrons. The lowest BCUT2D eigenvalue weighted by molar-refractivity contribution is 0.190. The number of hydrogen-bond acceptors (Lipinski definition) is 5. The Labute approximate surface area is 127 Å². The van der Waals surface area contributed by atoms with Gasteiger partial charge < -0.3 is 10.2 Å². The summed E-state index contributed by atoms with van der Waals surface area (Å²) in [6.07, 6.45) is 3.44. The molecule has 1 aliphatic rings. The van der Waals surface area contributed by atoms with E-state index >= 15 is 0 Å². The Morgan fingerprint density at radius 1 is 1.48 bits per heavy atom. The van der Waals surface area contributed by atoms with Crippen molar-refractivity contribution in [3.63, 3.8) is 0 Å². The smallest absolute Gasteiger partial charge is 0.262 e. The van der Waals surface area contributed by atoms with Crippen molar-refractivity contribution in [1.82, 2.24) is 14.2 Å². The molecule has 1 aromatic rings. The Balaban J connectivity index is 2.29. The molecule has 1 aliphatic heterocycles. The summed E-state index contributed by atoms with van der Waals surface area (Å²) in [6, 6.07) is 3.77. The molecule has 21 heavy (non-hydrogen) atoms. The maximum absolute atomic E-state index is 12.9. The van der Waals surface area contributed by atoms with E-state index in [4.69, 9.17) is 0 Å². The van der Waals surface area contributed by atoms with Crippen LogP contribution in [0.25, 0.3) is 0 Å². The molecule has 0 amide bonds. The summed E-state index contributed by atoms with van der Waals surface area (Å²) in [5, 5.41) is 3.21. The van der Waals surface area contributed by atoms with E-state index in [-0.39, 0.29) is 11.1 Å². The van der Waals surface area contributed by atoms with Crippen LogP contribution in [0.15, 0.2) is 23.4 Å². The zero-order valence-corrected chi connectivity index (χ0v) is 13.7. The van der Waals surface area contributed by atoms with Crippen molar-refractivity contribution in [3.05, 3.63) is 18.3 Å². The van der Waals surface area contributed by atoms with Gasteiger partial charge in [0.05, 0.1) is 5.69 Å². The second-order valence-corrected chi connectivity index (χ2v) is 7.36. The molecular weight excluding hydrogens is 288 g/mol. The Kier molecular flexibility index (Phi) is 5.18. The van der Waals surface area contributed by atoms with Gasteiger partial charge >= 0.3 is 0 Å². The van der Waals surface area contributed by atoms with Gasteiger partial charge in [-0.25, -0.2) is 13.4 Å². The van der Waals surface area contributed by atoms with Gasteiger partial charge in [-0.15, -0.1) is 0 Å². The molecule has 1 N–H and O–H groups in total. The predicted octanol–water partition coefficient (Wildman–Crippen LogP) is 1.23. The summed E-state index contributed by atoms with van der Waals surface area (Å²) < 4.78 is 27.3. The summed E-state index contributed by atoms with van der Waals surface area (Å²) in [5.74, 6) is 0. The van der Waals surface area contributed by atoms with Crippen molar-refractivity contribution in [1.29, 1.82) is 0 Å². The zero-order chi connectivity index (χ0) is 15.5. The molecule has 1 saturated heterocycles. The summed E-state index contributed by atoms with van der Waals surface area (Å²) in [6.45, 7) is 3.69. The minimum absolute atomic E-state index is 0.131. The van der Waals surface area contributed by atoms with E-state index in [2.05, 4.69) is 15.2 Å². The molecule has 1 aromatic heterocycles. The maximum atomic E-state index is 12.9. The molecule has 7 heteroatoms. The third kappa shape index (κ3) is 3.53. The van der Waals surface area contributed by atoms with Crippen molar-refractivity contribution in [2.75, 3.05) is 39.0 Å². The molecule has 1 fully saturated rings. The van der Waals surface area contributed by atoms with E-state index in [1.165, 1.54) is 6.20 Å². The molecule has 1 atom stereocenters. The fourth-order valence-corrected chi connectivity index (χ4v) is 4.20. The van der Waals surface area contributed by atoms with Crippen molar-refractivity contribution in [2.24, 2.45) is 0 Å². The highest BCUT2D eigenvalue weighted by atomic mass is 32.2. The average Bonchev–Trinajstić information content (AvgIpc) is 2.48. The number of aromatic nitrogens is 1. The van der Waals surface area contributed by atoms with Crippen molar-refractivity contribution >= 4 is 15.7 Å². The van der Waals surface area contributed by atoms with Crippen LogP contribution in [0, 0.1) is 0 Å². The molecule has 0 aromatic carbocycles. The number of nitrogens with zero attached hydrogens (tertiary/aromatic N) is 3. The summed E-state index contributed by atoms with van der Waals surface area (Å²) in [5.41, 5.74) is 0.576. The van der Waals surface area contributed by atoms with Gasteiger partial charge in [0, 0.05) is 31.9 Å². The highest BCUT2D eigenvalue weighted by Gasteiger charge is 2.33. The first-order valence-corrected chi connectivity index (χ1v) is 8.76. The Morgan fingerprint density at radius 2 is 2.24 bits per heavy atom. The second kappa shape index (κ2) is 6.72. The number of pyridine rings is 1. The minimum Gasteiger partial charge on any atom is -0.383 e. The molecule has 0 aliphatic carbocycles. The van der Waals surface area contributed by atoms with Crippen LogP contribution in [0.2, 0.25) is 0 Å². The summed E-state index contributed by atoms with van der Waals surface area (Å²) >= 11 is 0. The molecule has 0 bridgehead atoms. The van der Waals surface area contributed by atoms with Gasteiger partial charge in [-0.3, -0.25) is 0 Å². The van der Waals surface area contributed by atoms with Gasteiger partial charge in [0.15, 0.2) is 5.03 Å². The number of sulfonamides is 1. The third-order valence-electron chi connectivity index (χ3n) is 3.81. The summed E-state index contributed by atoms with van der Waals surface area (Å²) in [4.78, 5) is 6.20. The van der Waals surface area contributed by atoms with E-state index in [0.29, 0.717) is 25.3 Å². The van der Waals surface area contributed by atoms with Crippen LogP contribution < -0.4 is 5.32 Å². The molecule has 6 nitrogen and oxygen atoms in total. The lowest BCUT2D eigenvalue weighted by Gasteiger charge is -2.35. The first-order valence-electron chi connectivity index (χ1n) is 7.32. The lowest BCUT2D eigenvalue weighted by atomic mass is 10.1. The van der Waals surface area contributed by atoms with Crippen LogP contribution in [0.4, 0.5) is 5.69 Å². The molecule has 0 spiro atoms. The van der Waals surface area contributed by atoms with Gasteiger partial charge in [-0.2, -0.15) is 4.31 Å². The van der Waals surface area contributed by atoms with Crippen LogP contribution in [0.5, 0.6) is 0 Å². The van der Waals surface area contributed by atoms with Crippen LogP contribution >= 0.6 is 0 Å². The van der Waals surface area contributed by atoms with E-state index in [9.17, 15) is 8.42 Å². The normalized spacial score (nSPS) is 20.7. The van der Waals surface area contributed by atoms with Crippen LogP contribution in [-0.2, 0) is 10.0 Å². The average molecular weight is 312 g/mol. The fourth-order valence-electron chi connectivity index (χ4n) is 2.60. The minimum atomic E-state index is -3.55. The van der Waals surface area contributed by atoms with E-state index in [1.807, 2.05) is 21.0 Å². The zero-order valence-electron chi connectivity index (χ0n) is 12.9. The number of nitrogens with one attached hydrogen (secondary N) is 1. The van der Waals surface area contributed by atoms with Crippen LogP contribution in [0.3, 0.4) is 0 Å². The van der Waals surface area contributed by atoms with Gasteiger partial charge in [-0.05, 0) is 46.0 Å². The number of rotatable bonds is 5. The summed E-state index contributed by atoms with van der Waals surface area (Å²) in [7, 11) is 0.435. The largest absolute Gasteiger partial charge is 0.383 e. The molecule has 2 rings (SSSR count). The standard InChI is InChI=1S/C14H24N4O2S/c1-4-15-13-8-5-9-16-14(13)21(19,20)18-10-6-7-12(11-18)17(2)3/h5,8-9,12,15H,4,6-7,10-11H2,1-3H3. The second-order valence-electron chi connectivity index (χ2n) is 5.51. The van der Waals surface area contributed by atoms with Gasteiger partial charge in [0.2, 0.25) is 0 Å². The number of hydrogen-bond donors (Lipinski definition) is 1. The fraction of sp³-hybridized carbons (Fsp3) is 0.643. The molecular formula is C14H24N4O2S. The van der Waals surface area contributed by atoms with Crippen molar-refractivity contribution in [2.45, 2.75) is 30.8 Å². The van der Waals surface area contributed by atoms with Gasteiger partial charge in [-0.1, -0.05) is 0 Å². The SMILES string of the molecule is CCNc1cccnc1S(=O)(=O)N1CCCC(N(C)C)C1. The van der Waals surface area contributed by atoms with Gasteiger partial charge in [0.1, 0.15) is 0 Å². The number of anilines is 1. The maximum Gasteiger partial charge on any atom is 0.262 e. The van der Waals surface area contributed by atoms with Crippen LogP contribution in [0.1, 0.15) is 19.8 Å². The monoisotopic (exact) mass is 312 g/mol. The quantitative estimate of drug-likeness (QED) is 0.886. The Bertz CT molecular complexity index is 574. The predicted molar refractivity (Wildman–Crippen MR) is 83.9 cm³/mol. The molecule has 0 saturated carbocycles. The number of likely N-dealkylation sites (N-methyl/N-ethyl adjacent to an activating group) is 1. The number of piperidine rings is 1. The third-order valence-corrected chi connectivity index (χ3v) is 5.64. The van der Waals surface area contributed by atoms with Gasteiger partial charge in [0.25, 0.3) is 10.0 Å². The Morgan fingerprint density at radius 3 is 2.90 bits per heavy atom. The van der Waals surface area contributed by atoms with Crippen molar-refractivity contribution in [3.8, 4) is 0 Å². The van der Waals surface area contributed by atoms with Crippen LogP contribution in [-0.4, -0.2) is 62.4 Å². The Hall–Kier alpha value is -1.18.